The van der Waals surface area contributed by atoms with Crippen LogP contribution in [0.15, 0.2) is 11.8 Å². The molecule has 0 bridgehead atoms. The van der Waals surface area contributed by atoms with Gasteiger partial charge < -0.3 is 9.50 Å². The number of hydrogen-bond donors (Lipinski definition) is 1. The van der Waals surface area contributed by atoms with Crippen molar-refractivity contribution in [1.29, 1.82) is 0 Å². The maximum atomic E-state index is 12.8. The maximum absolute atomic E-state index is 12.8. The maximum Gasteiger partial charge on any atom is 0.534 e. The van der Waals surface area contributed by atoms with E-state index in [9.17, 15) is 26.4 Å². The minimum absolute atomic E-state index is 0.0141. The SMILES string of the molecule is C[C@]12CCC(=O)NC1CC[C@@H]1[C@H]2CC[C@]2(C)C(OS(=O)(=O)C(F)(F)F)=CC[C@@H]12. The number of alkyl halides is 3. The zero-order chi connectivity index (χ0) is 20.5. The first-order chi connectivity index (χ1) is 12.9. The largest absolute Gasteiger partial charge is 0.534 e. The molecule has 5 nitrogen and oxygen atoms in total. The first-order valence-corrected chi connectivity index (χ1v) is 11.3. The van der Waals surface area contributed by atoms with Crippen LogP contribution in [0.5, 0.6) is 0 Å². The Bertz CT molecular complexity index is 824. The predicted octanol–water partition coefficient (Wildman–Crippen LogP) is 3.87. The van der Waals surface area contributed by atoms with E-state index in [1.165, 1.54) is 0 Å². The van der Waals surface area contributed by atoms with E-state index < -0.39 is 21.0 Å². The minimum Gasteiger partial charge on any atom is -0.380 e. The topological polar surface area (TPSA) is 72.5 Å². The normalized spacial score (nSPS) is 43.3. The Morgan fingerprint density at radius 2 is 1.86 bits per heavy atom. The molecule has 3 fully saturated rings. The van der Waals surface area contributed by atoms with E-state index in [2.05, 4.69) is 16.4 Å². The highest BCUT2D eigenvalue weighted by Crippen LogP contribution is 2.64. The number of hydrogen-bond acceptors (Lipinski definition) is 4. The molecular formula is C19H26F3NO4S. The molecule has 1 heterocycles. The van der Waals surface area contributed by atoms with Crippen molar-refractivity contribution in [2.24, 2.45) is 28.6 Å². The summed E-state index contributed by atoms with van der Waals surface area (Å²) in [4.78, 5) is 11.8. The van der Waals surface area contributed by atoms with Crippen LogP contribution in [0.4, 0.5) is 13.2 Å². The molecule has 4 aliphatic rings. The van der Waals surface area contributed by atoms with E-state index >= 15 is 0 Å². The summed E-state index contributed by atoms with van der Waals surface area (Å²) in [6, 6.07) is 0.148. The quantitative estimate of drug-likeness (QED) is 0.543. The van der Waals surface area contributed by atoms with Gasteiger partial charge in [-0.3, -0.25) is 4.79 Å². The van der Waals surface area contributed by atoms with Gasteiger partial charge in [-0.1, -0.05) is 13.8 Å². The van der Waals surface area contributed by atoms with Gasteiger partial charge in [0.15, 0.2) is 0 Å². The zero-order valence-electron chi connectivity index (χ0n) is 16.0. The number of piperidine rings is 1. The molecule has 9 heteroatoms. The van der Waals surface area contributed by atoms with Gasteiger partial charge in [-0.2, -0.15) is 21.6 Å². The molecular weight excluding hydrogens is 395 g/mol. The number of carbonyl (C=O) groups excluding carboxylic acids is 1. The molecule has 0 aromatic rings. The highest BCUT2D eigenvalue weighted by molar-refractivity contribution is 7.87. The summed E-state index contributed by atoms with van der Waals surface area (Å²) < 4.78 is 66.1. The number of fused-ring (bicyclic) bond motifs is 5. The summed E-state index contributed by atoms with van der Waals surface area (Å²) >= 11 is 0. The first kappa shape index (κ1) is 20.0. The average molecular weight is 421 g/mol. The van der Waals surface area contributed by atoms with E-state index in [0.717, 1.165) is 25.7 Å². The van der Waals surface area contributed by atoms with Crippen molar-refractivity contribution in [3.8, 4) is 0 Å². The van der Waals surface area contributed by atoms with E-state index in [-0.39, 0.29) is 29.0 Å². The Morgan fingerprint density at radius 1 is 1.14 bits per heavy atom. The standard InChI is InChI=1S/C19H26F3NO4S/c1-17-10-8-16(24)23-14(17)5-3-11-12-4-6-15(18(12,2)9-7-13(11)17)27-28(25,26)19(20,21)22/h6,11-14H,3-5,7-10H2,1-2H3,(H,23,24)/t11-,12-,13+,14?,17+,18-/m0/s1. The van der Waals surface area contributed by atoms with Crippen LogP contribution >= 0.6 is 0 Å². The summed E-state index contributed by atoms with van der Waals surface area (Å²) in [5.41, 5.74) is -6.13. The minimum atomic E-state index is -5.65. The number of allylic oxidation sites excluding steroid dienone is 2. The summed E-state index contributed by atoms with van der Waals surface area (Å²) in [7, 11) is -5.65. The van der Waals surface area contributed by atoms with Crippen LogP contribution < -0.4 is 5.32 Å². The van der Waals surface area contributed by atoms with Crippen molar-refractivity contribution >= 4 is 16.0 Å². The molecule has 6 atom stereocenters. The molecule has 0 aromatic carbocycles. The van der Waals surface area contributed by atoms with Gasteiger partial charge in [-0.05, 0) is 67.8 Å². The average Bonchev–Trinajstić information content (AvgIpc) is 2.91. The molecule has 1 N–H and O–H groups in total. The molecule has 1 unspecified atom stereocenters. The Morgan fingerprint density at radius 3 is 2.54 bits per heavy atom. The Kier molecular flexibility index (Phi) is 4.38. The Labute approximate surface area is 163 Å². The van der Waals surface area contributed by atoms with Gasteiger partial charge in [0.05, 0.1) is 0 Å². The Hall–Kier alpha value is -1.25. The third kappa shape index (κ3) is 2.79. The molecule has 1 saturated heterocycles. The van der Waals surface area contributed by atoms with Crippen molar-refractivity contribution in [3.63, 3.8) is 0 Å². The molecule has 1 aliphatic heterocycles. The molecule has 158 valence electrons. The molecule has 2 saturated carbocycles. The zero-order valence-corrected chi connectivity index (χ0v) is 16.8. The summed E-state index contributed by atoms with van der Waals surface area (Å²) in [6.45, 7) is 4.07. The second-order valence-corrected chi connectivity index (χ2v) is 10.9. The lowest BCUT2D eigenvalue weighted by Crippen LogP contribution is -2.61. The van der Waals surface area contributed by atoms with Crippen LogP contribution in [0.2, 0.25) is 0 Å². The number of amides is 1. The van der Waals surface area contributed by atoms with Crippen LogP contribution in [0, 0.1) is 28.6 Å². The highest BCUT2D eigenvalue weighted by Gasteiger charge is 2.60. The van der Waals surface area contributed by atoms with E-state index in [1.807, 2.05) is 6.92 Å². The second kappa shape index (κ2) is 6.12. The number of halogens is 3. The molecule has 0 spiro atoms. The number of nitrogens with one attached hydrogen (secondary N) is 1. The van der Waals surface area contributed by atoms with Crippen LogP contribution in [0.25, 0.3) is 0 Å². The van der Waals surface area contributed by atoms with Gasteiger partial charge in [0, 0.05) is 17.9 Å². The lowest BCUT2D eigenvalue weighted by molar-refractivity contribution is -0.135. The van der Waals surface area contributed by atoms with Gasteiger partial charge in [0.1, 0.15) is 5.76 Å². The van der Waals surface area contributed by atoms with Crippen molar-refractivity contribution in [2.75, 3.05) is 0 Å². The van der Waals surface area contributed by atoms with E-state index in [1.54, 1.807) is 6.08 Å². The van der Waals surface area contributed by atoms with Gasteiger partial charge in [0.25, 0.3) is 0 Å². The Balaban J connectivity index is 1.57. The van der Waals surface area contributed by atoms with Crippen LogP contribution in [-0.2, 0) is 19.1 Å². The fourth-order valence-electron chi connectivity index (χ4n) is 6.52. The van der Waals surface area contributed by atoms with Crippen molar-refractivity contribution < 1.29 is 30.6 Å². The van der Waals surface area contributed by atoms with Crippen LogP contribution in [-0.4, -0.2) is 25.9 Å². The summed E-state index contributed by atoms with van der Waals surface area (Å²) in [6.07, 6.45) is 6.55. The fraction of sp³-hybridized carbons (Fsp3) is 0.842. The molecule has 1 amide bonds. The van der Waals surface area contributed by atoms with Crippen LogP contribution in [0.3, 0.4) is 0 Å². The molecule has 3 aliphatic carbocycles. The second-order valence-electron chi connectivity index (χ2n) is 9.32. The van der Waals surface area contributed by atoms with Gasteiger partial charge >= 0.3 is 15.6 Å². The molecule has 0 radical (unpaired) electrons. The molecule has 0 aromatic heterocycles. The van der Waals surface area contributed by atoms with Gasteiger partial charge in [-0.25, -0.2) is 0 Å². The highest BCUT2D eigenvalue weighted by atomic mass is 32.2. The van der Waals surface area contributed by atoms with Crippen molar-refractivity contribution in [3.05, 3.63) is 11.8 Å². The van der Waals surface area contributed by atoms with Crippen molar-refractivity contribution in [1.82, 2.24) is 5.32 Å². The third-order valence-corrected chi connectivity index (χ3v) is 9.05. The lowest BCUT2D eigenvalue weighted by Gasteiger charge is -2.59. The molecule has 28 heavy (non-hydrogen) atoms. The number of carbonyl (C=O) groups is 1. The van der Waals surface area contributed by atoms with E-state index in [0.29, 0.717) is 31.1 Å². The van der Waals surface area contributed by atoms with Crippen molar-refractivity contribution in [2.45, 2.75) is 70.3 Å². The van der Waals surface area contributed by atoms with Gasteiger partial charge in [0.2, 0.25) is 5.91 Å². The van der Waals surface area contributed by atoms with E-state index in [4.69, 9.17) is 0 Å². The van der Waals surface area contributed by atoms with Gasteiger partial charge in [-0.15, -0.1) is 0 Å². The number of rotatable bonds is 2. The first-order valence-electron chi connectivity index (χ1n) is 9.89. The summed E-state index contributed by atoms with van der Waals surface area (Å²) in [5.74, 6) is 0.785. The van der Waals surface area contributed by atoms with Crippen LogP contribution in [0.1, 0.15) is 58.8 Å². The molecule has 4 rings (SSSR count). The predicted molar refractivity (Wildman–Crippen MR) is 95.1 cm³/mol. The smallest absolute Gasteiger partial charge is 0.380 e. The third-order valence-electron chi connectivity index (χ3n) is 8.09. The monoisotopic (exact) mass is 421 g/mol. The fourth-order valence-corrected chi connectivity index (χ4v) is 7.11. The summed E-state index contributed by atoms with van der Waals surface area (Å²) in [5, 5.41) is 3.14. The lowest BCUT2D eigenvalue weighted by atomic mass is 9.47.